The van der Waals surface area contributed by atoms with Crippen molar-refractivity contribution in [3.05, 3.63) is 33.8 Å². The molecule has 50 heavy (non-hydrogen) atoms. The summed E-state index contributed by atoms with van der Waals surface area (Å²) in [5.41, 5.74) is 7.96. The molecule has 0 unspecified atom stereocenters. The lowest BCUT2D eigenvalue weighted by Gasteiger charge is -2.41. The molecule has 0 saturated carbocycles. The number of hydrazone groups is 1. The molecule has 20 nitrogen and oxygen atoms in total. The molecule has 0 spiro atoms. The topological polar surface area (TPSA) is 304 Å². The first kappa shape index (κ1) is 35.9. The Bertz CT molecular complexity index is 1900. The van der Waals surface area contributed by atoms with Gasteiger partial charge in [0.15, 0.2) is 28.1 Å². The molecule has 1 aromatic carbocycles. The maximum atomic E-state index is 13.8. The number of nitrogens with one attached hydrogen (secondary N) is 1. The van der Waals surface area contributed by atoms with Gasteiger partial charge in [-0.2, -0.15) is 5.10 Å². The Labute approximate surface area is 294 Å². The third-order valence-corrected chi connectivity index (χ3v) is 10.6. The third-order valence-electron chi connectivity index (χ3n) is 7.84. The monoisotopic (exact) mass is 753 g/mol. The SMILES string of the molecule is C[C@@H]1CN([C@]2(C(=O)O)CN3C(=O)[C@@H](NC(=O)/C(=N\OC(C)(C)C(=O)O)c4csc(N)n4)[C@H]3S2)C(=O)N1/N=C(\C(N)=O)c1ccc(O)c(O)c1Cl. The zero-order valence-electron chi connectivity index (χ0n) is 26.1. The number of fused-ring (bicyclic) bond motifs is 1. The van der Waals surface area contributed by atoms with Crippen LogP contribution in [-0.4, -0.2) is 128 Å². The quantitative estimate of drug-likeness (QED) is 0.0663. The first-order valence-corrected chi connectivity index (χ1v) is 16.4. The molecule has 23 heteroatoms. The van der Waals surface area contributed by atoms with Crippen LogP contribution in [0.25, 0.3) is 0 Å². The average molecular weight is 754 g/mol. The number of aromatic hydroxyl groups is 2. The number of thiazole rings is 1. The lowest BCUT2D eigenvalue weighted by Crippen LogP contribution is -2.68. The van der Waals surface area contributed by atoms with E-state index in [1.807, 2.05) is 0 Å². The molecule has 0 radical (unpaired) electrons. The van der Waals surface area contributed by atoms with Crippen molar-refractivity contribution in [1.82, 2.24) is 25.1 Å². The van der Waals surface area contributed by atoms with Crippen LogP contribution in [0.15, 0.2) is 27.8 Å². The molecule has 1 aromatic heterocycles. The number of nitrogens with zero attached hydrogens (tertiary/aromatic N) is 6. The summed E-state index contributed by atoms with van der Waals surface area (Å²) < 4.78 is 0. The van der Waals surface area contributed by atoms with Gasteiger partial charge in [-0.05, 0) is 32.9 Å². The largest absolute Gasteiger partial charge is 0.504 e. The molecule has 4 atom stereocenters. The summed E-state index contributed by atoms with van der Waals surface area (Å²) in [6, 6.07) is -0.977. The van der Waals surface area contributed by atoms with Gasteiger partial charge in [0.25, 0.3) is 11.8 Å². The molecular formula is C27H28ClN9O11S2. The van der Waals surface area contributed by atoms with Gasteiger partial charge in [0.1, 0.15) is 17.1 Å². The van der Waals surface area contributed by atoms with E-state index in [1.165, 1.54) is 26.2 Å². The van der Waals surface area contributed by atoms with Crippen molar-refractivity contribution in [3.63, 3.8) is 0 Å². The number of carbonyl (C=O) groups excluding carboxylic acids is 4. The zero-order chi connectivity index (χ0) is 37.0. The number of β-lactam (4-membered cyclic amide) rings is 1. The number of hydrogen-bond donors (Lipinski definition) is 7. The van der Waals surface area contributed by atoms with Gasteiger partial charge in [-0.25, -0.2) is 24.4 Å². The van der Waals surface area contributed by atoms with E-state index in [4.69, 9.17) is 27.9 Å². The number of phenolic OH excluding ortho intramolecular Hbond substituents is 2. The number of thioether (sulfide) groups is 1. The number of carboxylic acids is 2. The van der Waals surface area contributed by atoms with Gasteiger partial charge < -0.3 is 46.9 Å². The van der Waals surface area contributed by atoms with Crippen LogP contribution in [0.5, 0.6) is 11.5 Å². The number of urea groups is 1. The molecule has 0 aliphatic carbocycles. The van der Waals surface area contributed by atoms with E-state index in [2.05, 4.69) is 20.6 Å². The van der Waals surface area contributed by atoms with E-state index in [9.17, 15) is 49.2 Å². The van der Waals surface area contributed by atoms with E-state index < -0.39 is 98.1 Å². The molecule has 3 saturated heterocycles. The highest BCUT2D eigenvalue weighted by atomic mass is 35.5. The van der Waals surface area contributed by atoms with Crippen LogP contribution >= 0.6 is 34.7 Å². The summed E-state index contributed by atoms with van der Waals surface area (Å²) in [5.74, 6) is -7.10. The highest BCUT2D eigenvalue weighted by molar-refractivity contribution is 8.02. The van der Waals surface area contributed by atoms with Crippen molar-refractivity contribution in [2.24, 2.45) is 16.0 Å². The number of anilines is 1. The number of benzene rings is 1. The number of carbonyl (C=O) groups is 6. The predicted octanol–water partition coefficient (Wildman–Crippen LogP) is -0.430. The number of amides is 5. The van der Waals surface area contributed by atoms with Crippen molar-refractivity contribution in [2.75, 3.05) is 18.8 Å². The highest BCUT2D eigenvalue weighted by Gasteiger charge is 2.67. The Morgan fingerprint density at radius 3 is 2.44 bits per heavy atom. The number of nitrogen functional groups attached to an aromatic ring is 1. The van der Waals surface area contributed by atoms with Gasteiger partial charge in [-0.15, -0.1) is 11.3 Å². The molecule has 2 aromatic rings. The Balaban J connectivity index is 1.40. The van der Waals surface area contributed by atoms with Gasteiger partial charge in [0.2, 0.25) is 16.4 Å². The summed E-state index contributed by atoms with van der Waals surface area (Å²) in [6.07, 6.45) is 0. The Morgan fingerprint density at radius 2 is 1.86 bits per heavy atom. The lowest BCUT2D eigenvalue weighted by atomic mass is 10.1. The number of hydrogen-bond acceptors (Lipinski definition) is 15. The Morgan fingerprint density at radius 1 is 1.18 bits per heavy atom. The molecule has 3 aliphatic heterocycles. The fourth-order valence-corrected chi connectivity index (χ4v) is 7.49. The van der Waals surface area contributed by atoms with Crippen molar-refractivity contribution in [2.45, 2.75) is 48.7 Å². The summed E-state index contributed by atoms with van der Waals surface area (Å²) in [4.78, 5) is 86.3. The minimum absolute atomic E-state index is 0.0524. The van der Waals surface area contributed by atoms with Crippen molar-refractivity contribution >= 4 is 86.9 Å². The first-order valence-electron chi connectivity index (χ1n) is 14.2. The molecule has 3 aliphatic rings. The van der Waals surface area contributed by atoms with Crippen LogP contribution in [0.3, 0.4) is 0 Å². The average Bonchev–Trinajstić information content (AvgIpc) is 3.72. The first-order chi connectivity index (χ1) is 23.3. The molecule has 3 fully saturated rings. The summed E-state index contributed by atoms with van der Waals surface area (Å²) >= 11 is 7.75. The van der Waals surface area contributed by atoms with Crippen LogP contribution in [0.2, 0.25) is 5.02 Å². The molecule has 266 valence electrons. The van der Waals surface area contributed by atoms with E-state index in [0.29, 0.717) is 11.8 Å². The molecular weight excluding hydrogens is 726 g/mol. The van der Waals surface area contributed by atoms with E-state index in [0.717, 1.165) is 38.3 Å². The minimum atomic E-state index is -2.08. The number of rotatable bonds is 11. The summed E-state index contributed by atoms with van der Waals surface area (Å²) in [6.45, 7) is 3.15. The zero-order valence-corrected chi connectivity index (χ0v) is 28.4. The van der Waals surface area contributed by atoms with Crippen molar-refractivity contribution in [3.8, 4) is 11.5 Å². The Hall–Kier alpha value is -5.35. The second-order valence-electron chi connectivity index (χ2n) is 11.6. The Kier molecular flexibility index (Phi) is 9.23. The van der Waals surface area contributed by atoms with Crippen molar-refractivity contribution < 1.29 is 54.0 Å². The predicted molar refractivity (Wildman–Crippen MR) is 175 cm³/mol. The number of primary amides is 1. The van der Waals surface area contributed by atoms with E-state index in [1.54, 1.807) is 0 Å². The van der Waals surface area contributed by atoms with Gasteiger partial charge in [0, 0.05) is 17.5 Å². The number of aliphatic carboxylic acids is 2. The van der Waals surface area contributed by atoms with Crippen LogP contribution in [0.4, 0.5) is 9.93 Å². The maximum absolute atomic E-state index is 13.8. The number of nitrogens with two attached hydrogens (primary N) is 2. The smallest absolute Gasteiger partial charge is 0.350 e. The standard InChI is InChI=1S/C27H28ClN9O11S2/c1-9-6-36(25(47)37(9)33-14(18(29)40)10-4-5-12(38)17(39)13(10)28)27(23(45)46)8-35-20(42)16(21(35)50-27)32-19(41)15(11-7-49-24(30)31-11)34-48-26(2,3)22(43)44/h4-5,7,9,16,21,38-39H,6,8H2,1-3H3,(H2,29,40)(H2,30,31)(H,32,41)(H,43,44)(H,45,46)/b33-14-,34-15-/t9-,16-,21-,27-/m1/s1. The van der Waals surface area contributed by atoms with Gasteiger partial charge in [-0.3, -0.25) is 19.3 Å². The molecule has 5 rings (SSSR count). The van der Waals surface area contributed by atoms with E-state index >= 15 is 0 Å². The fraction of sp³-hybridized carbons (Fsp3) is 0.370. The van der Waals surface area contributed by atoms with Gasteiger partial charge in [0.05, 0.1) is 17.6 Å². The molecule has 5 amide bonds. The number of phenols is 2. The fourth-order valence-electron chi connectivity index (χ4n) is 5.07. The summed E-state index contributed by atoms with van der Waals surface area (Å²) in [7, 11) is 0. The number of carboxylic acid groups (broad SMARTS) is 2. The number of oxime groups is 1. The highest BCUT2D eigenvalue weighted by Crippen LogP contribution is 2.50. The van der Waals surface area contributed by atoms with Crippen LogP contribution in [0.1, 0.15) is 32.0 Å². The van der Waals surface area contributed by atoms with Gasteiger partial charge >= 0.3 is 18.0 Å². The second-order valence-corrected chi connectivity index (χ2v) is 14.3. The van der Waals surface area contributed by atoms with Crippen LogP contribution < -0.4 is 16.8 Å². The third kappa shape index (κ3) is 6.04. The molecule has 0 bridgehead atoms. The lowest BCUT2D eigenvalue weighted by molar-refractivity contribution is -0.161. The van der Waals surface area contributed by atoms with E-state index in [-0.39, 0.29) is 22.9 Å². The molecule has 9 N–H and O–H groups in total. The minimum Gasteiger partial charge on any atom is -0.504 e. The van der Waals surface area contributed by atoms with Gasteiger partial charge in [-0.1, -0.05) is 28.5 Å². The number of halogens is 1. The number of aromatic nitrogens is 1. The second kappa shape index (κ2) is 12.8. The van der Waals surface area contributed by atoms with Crippen LogP contribution in [-0.2, 0) is 28.8 Å². The molecule has 4 heterocycles. The van der Waals surface area contributed by atoms with Crippen molar-refractivity contribution in [1.29, 1.82) is 0 Å². The van der Waals surface area contributed by atoms with Crippen LogP contribution in [0, 0.1) is 0 Å². The normalized spacial score (nSPS) is 23.8. The maximum Gasteiger partial charge on any atom is 0.350 e. The summed E-state index contributed by atoms with van der Waals surface area (Å²) in [5, 5.41) is 50.6.